The first-order valence-electron chi connectivity index (χ1n) is 12.8. The molecule has 2 heteroatoms. The molecule has 38 heavy (non-hydrogen) atoms. The molecule has 0 aliphatic heterocycles. The normalized spacial score (nSPS) is 10.1. The van der Waals surface area contributed by atoms with Gasteiger partial charge in [-0.25, -0.2) is 0 Å². The largest absolute Gasteiger partial charge is 0.356 e. The summed E-state index contributed by atoms with van der Waals surface area (Å²) in [6.45, 7) is 0. The van der Waals surface area contributed by atoms with E-state index in [-0.39, 0.29) is 0 Å². The third-order valence-corrected chi connectivity index (χ3v) is 6.12. The van der Waals surface area contributed by atoms with E-state index < -0.39 is 0 Å². The van der Waals surface area contributed by atoms with E-state index in [9.17, 15) is 0 Å². The molecule has 6 aromatic rings. The van der Waals surface area contributed by atoms with E-state index in [1.165, 1.54) is 22.3 Å². The maximum Gasteiger partial charge on any atom is 0.0463 e. The summed E-state index contributed by atoms with van der Waals surface area (Å²) in [5.41, 5.74) is 9.31. The highest BCUT2D eigenvalue weighted by Gasteiger charge is 2.05. The molecule has 2 N–H and O–H groups in total. The first-order chi connectivity index (χ1) is 18.8. The number of benzene rings is 6. The molecule has 0 saturated carbocycles. The van der Waals surface area contributed by atoms with Crippen LogP contribution < -0.4 is 10.6 Å². The fourth-order valence-corrected chi connectivity index (χ4v) is 4.20. The van der Waals surface area contributed by atoms with Gasteiger partial charge in [0.25, 0.3) is 0 Å². The molecule has 184 valence electrons. The number of nitrogens with one attached hydrogen (secondary N) is 2. The highest BCUT2D eigenvalue weighted by atomic mass is 14.9. The van der Waals surface area contributed by atoms with Crippen molar-refractivity contribution in [3.8, 4) is 22.3 Å². The van der Waals surface area contributed by atoms with Gasteiger partial charge in [0.05, 0.1) is 0 Å². The number of rotatable bonds is 6. The van der Waals surface area contributed by atoms with Crippen LogP contribution in [0.3, 0.4) is 0 Å². The lowest BCUT2D eigenvalue weighted by Crippen LogP contribution is -1.93. The zero-order valence-electron chi connectivity index (χ0n) is 21.2. The van der Waals surface area contributed by atoms with Crippen molar-refractivity contribution < 1.29 is 0 Å². The Hall–Kier alpha value is -5.08. The van der Waals surface area contributed by atoms with E-state index in [0.29, 0.717) is 0 Å². The van der Waals surface area contributed by atoms with Crippen LogP contribution in [0.2, 0.25) is 0 Å². The molecule has 6 rings (SSSR count). The summed E-state index contributed by atoms with van der Waals surface area (Å²) in [5, 5.41) is 6.85. The van der Waals surface area contributed by atoms with Gasteiger partial charge in [-0.3, -0.25) is 0 Å². The summed E-state index contributed by atoms with van der Waals surface area (Å²) in [6, 6.07) is 58.2. The standard InChI is InChI=1S/C24H19N.C12H11N/c1-3-9-19(10-4-1)20-15-17-22(18-16-20)25-24-14-8-7-13-23(24)21-11-5-2-6-12-21;1-3-7-11(8-4-1)13-12-9-5-2-6-10-12/h1-18,25H;1-10,13H. The third kappa shape index (κ3) is 6.77. The predicted octanol–water partition coefficient (Wildman–Crippen LogP) is 10.2. The highest BCUT2D eigenvalue weighted by Crippen LogP contribution is 2.31. The lowest BCUT2D eigenvalue weighted by Gasteiger charge is -2.13. The summed E-state index contributed by atoms with van der Waals surface area (Å²) < 4.78 is 0. The molecule has 0 aromatic heterocycles. The van der Waals surface area contributed by atoms with Gasteiger partial charge in [0.1, 0.15) is 0 Å². The molecule has 0 spiro atoms. The number of anilines is 4. The van der Waals surface area contributed by atoms with Gasteiger partial charge in [-0.05, 0) is 59.2 Å². The summed E-state index contributed by atoms with van der Waals surface area (Å²) >= 11 is 0. The summed E-state index contributed by atoms with van der Waals surface area (Å²) in [4.78, 5) is 0. The number of hydrogen-bond donors (Lipinski definition) is 2. The van der Waals surface area contributed by atoms with Crippen molar-refractivity contribution in [1.29, 1.82) is 0 Å². The van der Waals surface area contributed by atoms with Gasteiger partial charge < -0.3 is 10.6 Å². The molecule has 0 radical (unpaired) electrons. The predicted molar refractivity (Wildman–Crippen MR) is 163 cm³/mol. The van der Waals surface area contributed by atoms with E-state index in [0.717, 1.165) is 22.7 Å². The fourth-order valence-electron chi connectivity index (χ4n) is 4.20. The van der Waals surface area contributed by atoms with Crippen LogP contribution in [0.25, 0.3) is 22.3 Å². The van der Waals surface area contributed by atoms with Crippen molar-refractivity contribution in [1.82, 2.24) is 0 Å². The molecule has 0 amide bonds. The second-order valence-corrected chi connectivity index (χ2v) is 8.84. The van der Waals surface area contributed by atoms with Crippen LogP contribution >= 0.6 is 0 Å². The van der Waals surface area contributed by atoms with Crippen LogP contribution in [0.4, 0.5) is 22.7 Å². The molecule has 2 nitrogen and oxygen atoms in total. The van der Waals surface area contributed by atoms with E-state index >= 15 is 0 Å². The van der Waals surface area contributed by atoms with E-state index in [4.69, 9.17) is 0 Å². The first kappa shape index (κ1) is 24.6. The van der Waals surface area contributed by atoms with Crippen LogP contribution in [0, 0.1) is 0 Å². The molecule has 0 aliphatic rings. The van der Waals surface area contributed by atoms with E-state index in [1.807, 2.05) is 72.8 Å². The third-order valence-electron chi connectivity index (χ3n) is 6.12. The first-order valence-corrected chi connectivity index (χ1v) is 12.8. The maximum absolute atomic E-state index is 3.55. The average molecular weight is 491 g/mol. The van der Waals surface area contributed by atoms with E-state index in [1.54, 1.807) is 0 Å². The lowest BCUT2D eigenvalue weighted by atomic mass is 10.0. The molecular formula is C36H30N2. The van der Waals surface area contributed by atoms with Gasteiger partial charge >= 0.3 is 0 Å². The summed E-state index contributed by atoms with van der Waals surface area (Å²) in [7, 11) is 0. The van der Waals surface area contributed by atoms with Crippen LogP contribution in [-0.4, -0.2) is 0 Å². The zero-order chi connectivity index (χ0) is 25.8. The van der Waals surface area contributed by atoms with Gasteiger partial charge in [0.15, 0.2) is 0 Å². The average Bonchev–Trinajstić information content (AvgIpc) is 3.00. The number of para-hydroxylation sites is 3. The van der Waals surface area contributed by atoms with Crippen molar-refractivity contribution in [2.24, 2.45) is 0 Å². The minimum atomic E-state index is 1.09. The molecule has 0 bridgehead atoms. The SMILES string of the molecule is c1ccc(-c2ccc(Nc3ccccc3-c3ccccc3)cc2)cc1.c1ccc(Nc2ccccc2)cc1. The molecule has 0 atom stereocenters. The fraction of sp³-hybridized carbons (Fsp3) is 0. The van der Waals surface area contributed by atoms with Gasteiger partial charge in [-0.2, -0.15) is 0 Å². The van der Waals surface area contributed by atoms with Crippen molar-refractivity contribution >= 4 is 22.7 Å². The van der Waals surface area contributed by atoms with E-state index in [2.05, 4.69) is 108 Å². The summed E-state index contributed by atoms with van der Waals surface area (Å²) in [5.74, 6) is 0. The molecular weight excluding hydrogens is 460 g/mol. The van der Waals surface area contributed by atoms with Crippen LogP contribution in [0.15, 0.2) is 170 Å². The van der Waals surface area contributed by atoms with Crippen molar-refractivity contribution in [2.75, 3.05) is 10.6 Å². The molecule has 0 saturated heterocycles. The Balaban J connectivity index is 0.000000190. The molecule has 6 aromatic carbocycles. The monoisotopic (exact) mass is 490 g/mol. The lowest BCUT2D eigenvalue weighted by molar-refractivity contribution is 1.53. The van der Waals surface area contributed by atoms with Crippen molar-refractivity contribution in [2.45, 2.75) is 0 Å². The second kappa shape index (κ2) is 12.8. The maximum atomic E-state index is 3.55. The topological polar surface area (TPSA) is 24.1 Å². The minimum Gasteiger partial charge on any atom is -0.356 e. The molecule has 0 unspecified atom stereocenters. The Morgan fingerprint density at radius 1 is 0.263 bits per heavy atom. The van der Waals surface area contributed by atoms with Gasteiger partial charge in [0.2, 0.25) is 0 Å². The molecule has 0 fully saturated rings. The highest BCUT2D eigenvalue weighted by molar-refractivity contribution is 5.81. The van der Waals surface area contributed by atoms with Gasteiger partial charge in [0, 0.05) is 28.3 Å². The number of hydrogen-bond acceptors (Lipinski definition) is 2. The van der Waals surface area contributed by atoms with Crippen molar-refractivity contribution in [3.05, 3.63) is 170 Å². The Labute approximate surface area is 225 Å². The van der Waals surface area contributed by atoms with Crippen LogP contribution in [-0.2, 0) is 0 Å². The smallest absolute Gasteiger partial charge is 0.0463 e. The van der Waals surface area contributed by atoms with Crippen LogP contribution in [0.5, 0.6) is 0 Å². The second-order valence-electron chi connectivity index (χ2n) is 8.84. The molecule has 0 heterocycles. The van der Waals surface area contributed by atoms with Gasteiger partial charge in [-0.1, -0.05) is 127 Å². The Bertz CT molecular complexity index is 1480. The summed E-state index contributed by atoms with van der Waals surface area (Å²) in [6.07, 6.45) is 0. The van der Waals surface area contributed by atoms with Crippen molar-refractivity contribution in [3.63, 3.8) is 0 Å². The molecule has 0 aliphatic carbocycles. The zero-order valence-corrected chi connectivity index (χ0v) is 21.2. The quantitative estimate of drug-likeness (QED) is 0.243. The Morgan fingerprint density at radius 2 is 0.658 bits per heavy atom. The van der Waals surface area contributed by atoms with Gasteiger partial charge in [-0.15, -0.1) is 0 Å². The Morgan fingerprint density at radius 3 is 1.21 bits per heavy atom. The Kier molecular flexibility index (Phi) is 8.26. The van der Waals surface area contributed by atoms with Crippen LogP contribution in [0.1, 0.15) is 0 Å². The minimum absolute atomic E-state index is 1.09.